The van der Waals surface area contributed by atoms with Gasteiger partial charge in [0.2, 0.25) is 11.8 Å². The second-order valence-electron chi connectivity index (χ2n) is 5.59. The summed E-state index contributed by atoms with van der Waals surface area (Å²) in [6.45, 7) is 3.46. The summed E-state index contributed by atoms with van der Waals surface area (Å²) in [5, 5.41) is 11.9. The maximum atomic E-state index is 11.7. The summed E-state index contributed by atoms with van der Waals surface area (Å²) in [4.78, 5) is 16.2. The highest BCUT2D eigenvalue weighted by Gasteiger charge is 2.18. The van der Waals surface area contributed by atoms with Gasteiger partial charge in [-0.3, -0.25) is 4.79 Å². The van der Waals surface area contributed by atoms with Gasteiger partial charge in [0, 0.05) is 11.3 Å². The van der Waals surface area contributed by atoms with Crippen LogP contribution in [0.3, 0.4) is 0 Å². The highest BCUT2D eigenvalue weighted by Crippen LogP contribution is 2.20. The zero-order valence-electron chi connectivity index (χ0n) is 12.7. The van der Waals surface area contributed by atoms with Crippen LogP contribution in [0.4, 0.5) is 0 Å². The Labute approximate surface area is 134 Å². The standard InChI is InChI=1S/C16H20N2O3S/c1-16(2,11-19)18-14(20)10-22-9-13-8-21-15(17-13)12-6-4-3-5-7-12/h3-8,19H,9-11H2,1-2H3,(H,18,20). The molecule has 0 aliphatic carbocycles. The minimum atomic E-state index is -0.591. The van der Waals surface area contributed by atoms with E-state index in [0.29, 0.717) is 17.4 Å². The molecule has 6 heteroatoms. The third kappa shape index (κ3) is 4.89. The van der Waals surface area contributed by atoms with Crippen molar-refractivity contribution in [2.45, 2.75) is 25.1 Å². The van der Waals surface area contributed by atoms with Crippen LogP contribution in [0.15, 0.2) is 41.0 Å². The summed E-state index contributed by atoms with van der Waals surface area (Å²) in [5.41, 5.74) is 1.14. The Balaban J connectivity index is 1.81. The summed E-state index contributed by atoms with van der Waals surface area (Å²) in [7, 11) is 0. The highest BCUT2D eigenvalue weighted by molar-refractivity contribution is 7.99. The lowest BCUT2D eigenvalue weighted by molar-refractivity contribution is -0.120. The van der Waals surface area contributed by atoms with E-state index in [1.807, 2.05) is 30.3 Å². The fourth-order valence-corrected chi connectivity index (χ4v) is 2.49. The van der Waals surface area contributed by atoms with E-state index in [4.69, 9.17) is 9.52 Å². The van der Waals surface area contributed by atoms with Crippen LogP contribution in [0, 0.1) is 0 Å². The minimum absolute atomic E-state index is 0.0902. The molecule has 0 unspecified atom stereocenters. The van der Waals surface area contributed by atoms with E-state index in [9.17, 15) is 4.79 Å². The molecule has 0 bridgehead atoms. The molecule has 0 spiro atoms. The van der Waals surface area contributed by atoms with Gasteiger partial charge < -0.3 is 14.8 Å². The normalized spacial score (nSPS) is 11.4. The predicted molar refractivity (Wildman–Crippen MR) is 87.4 cm³/mol. The number of rotatable bonds is 7. The third-order valence-electron chi connectivity index (χ3n) is 2.93. The molecule has 2 aromatic rings. The van der Waals surface area contributed by atoms with Gasteiger partial charge in [-0.25, -0.2) is 4.98 Å². The van der Waals surface area contributed by atoms with Crippen molar-refractivity contribution < 1.29 is 14.3 Å². The number of thioether (sulfide) groups is 1. The summed E-state index contributed by atoms with van der Waals surface area (Å²) < 4.78 is 5.45. The fraction of sp³-hybridized carbons (Fsp3) is 0.375. The van der Waals surface area contributed by atoms with Crippen molar-refractivity contribution in [1.82, 2.24) is 10.3 Å². The first kappa shape index (κ1) is 16.6. The smallest absolute Gasteiger partial charge is 0.230 e. The lowest BCUT2D eigenvalue weighted by Crippen LogP contribution is -2.47. The van der Waals surface area contributed by atoms with Gasteiger partial charge in [0.15, 0.2) is 0 Å². The van der Waals surface area contributed by atoms with Crippen LogP contribution in [0.1, 0.15) is 19.5 Å². The van der Waals surface area contributed by atoms with Gasteiger partial charge in [0.1, 0.15) is 6.26 Å². The van der Waals surface area contributed by atoms with E-state index < -0.39 is 5.54 Å². The molecule has 2 N–H and O–H groups in total. The Bertz CT molecular complexity index is 611. The van der Waals surface area contributed by atoms with Crippen LogP contribution >= 0.6 is 11.8 Å². The number of carbonyl (C=O) groups excluding carboxylic acids is 1. The summed E-state index contributed by atoms with van der Waals surface area (Å²) in [5.74, 6) is 1.40. The van der Waals surface area contributed by atoms with E-state index >= 15 is 0 Å². The van der Waals surface area contributed by atoms with Gasteiger partial charge in [0.25, 0.3) is 0 Å². The van der Waals surface area contributed by atoms with E-state index in [-0.39, 0.29) is 12.5 Å². The van der Waals surface area contributed by atoms with Crippen molar-refractivity contribution in [3.8, 4) is 11.5 Å². The van der Waals surface area contributed by atoms with Crippen molar-refractivity contribution >= 4 is 17.7 Å². The van der Waals surface area contributed by atoms with E-state index in [1.165, 1.54) is 11.8 Å². The second kappa shape index (κ2) is 7.47. The molecule has 0 aliphatic rings. The molecular formula is C16H20N2O3S. The van der Waals surface area contributed by atoms with Crippen LogP contribution in [0.5, 0.6) is 0 Å². The Morgan fingerprint density at radius 1 is 1.36 bits per heavy atom. The van der Waals surface area contributed by atoms with E-state index in [1.54, 1.807) is 20.1 Å². The number of hydrogen-bond acceptors (Lipinski definition) is 5. The molecule has 0 saturated heterocycles. The summed E-state index contributed by atoms with van der Waals surface area (Å²) in [6.07, 6.45) is 1.62. The van der Waals surface area contributed by atoms with Gasteiger partial charge in [-0.15, -0.1) is 11.8 Å². The molecule has 1 aromatic carbocycles. The van der Waals surface area contributed by atoms with Crippen molar-refractivity contribution in [1.29, 1.82) is 0 Å². The maximum Gasteiger partial charge on any atom is 0.230 e. The van der Waals surface area contributed by atoms with E-state index in [2.05, 4.69) is 10.3 Å². The molecular weight excluding hydrogens is 300 g/mol. The van der Waals surface area contributed by atoms with Gasteiger partial charge >= 0.3 is 0 Å². The predicted octanol–water partition coefficient (Wildman–Crippen LogP) is 2.46. The molecule has 0 atom stereocenters. The summed E-state index contributed by atoms with van der Waals surface area (Å²) in [6, 6.07) is 9.68. The number of aliphatic hydroxyl groups is 1. The average Bonchev–Trinajstić information content (AvgIpc) is 2.96. The zero-order valence-corrected chi connectivity index (χ0v) is 13.5. The lowest BCUT2D eigenvalue weighted by Gasteiger charge is -2.23. The van der Waals surface area contributed by atoms with Gasteiger partial charge in [-0.2, -0.15) is 0 Å². The first-order valence-corrected chi connectivity index (χ1v) is 8.15. The molecule has 5 nitrogen and oxygen atoms in total. The molecule has 1 aromatic heterocycles. The van der Waals surface area contributed by atoms with Crippen LogP contribution in [0.2, 0.25) is 0 Å². The Morgan fingerprint density at radius 2 is 2.09 bits per heavy atom. The lowest BCUT2D eigenvalue weighted by atomic mass is 10.1. The number of carbonyl (C=O) groups is 1. The Hall–Kier alpha value is -1.79. The molecule has 0 aliphatic heterocycles. The number of amides is 1. The van der Waals surface area contributed by atoms with E-state index in [0.717, 1.165) is 11.3 Å². The number of aliphatic hydroxyl groups excluding tert-OH is 1. The molecule has 22 heavy (non-hydrogen) atoms. The topological polar surface area (TPSA) is 75.4 Å². The molecule has 2 rings (SSSR count). The average molecular weight is 320 g/mol. The molecule has 1 amide bonds. The van der Waals surface area contributed by atoms with Crippen molar-refractivity contribution in [2.24, 2.45) is 0 Å². The first-order chi connectivity index (χ1) is 10.5. The van der Waals surface area contributed by atoms with Gasteiger partial charge in [-0.1, -0.05) is 18.2 Å². The van der Waals surface area contributed by atoms with Crippen LogP contribution in [0.25, 0.3) is 11.5 Å². The number of nitrogens with one attached hydrogen (secondary N) is 1. The highest BCUT2D eigenvalue weighted by atomic mass is 32.2. The van der Waals surface area contributed by atoms with Gasteiger partial charge in [0.05, 0.1) is 23.6 Å². The largest absolute Gasteiger partial charge is 0.444 e. The van der Waals surface area contributed by atoms with Crippen LogP contribution in [-0.4, -0.2) is 33.9 Å². The fourth-order valence-electron chi connectivity index (χ4n) is 1.79. The Morgan fingerprint density at radius 3 is 2.77 bits per heavy atom. The van der Waals surface area contributed by atoms with Gasteiger partial charge in [-0.05, 0) is 26.0 Å². The van der Waals surface area contributed by atoms with Crippen LogP contribution < -0.4 is 5.32 Å². The monoisotopic (exact) mass is 320 g/mol. The minimum Gasteiger partial charge on any atom is -0.444 e. The Kier molecular flexibility index (Phi) is 5.63. The molecule has 0 fully saturated rings. The van der Waals surface area contributed by atoms with Crippen molar-refractivity contribution in [3.63, 3.8) is 0 Å². The number of benzene rings is 1. The number of nitrogens with zero attached hydrogens (tertiary/aromatic N) is 1. The van der Waals surface area contributed by atoms with Crippen LogP contribution in [-0.2, 0) is 10.5 Å². The number of aromatic nitrogens is 1. The SMILES string of the molecule is CC(C)(CO)NC(=O)CSCc1coc(-c2ccccc2)n1. The van der Waals surface area contributed by atoms with Crippen molar-refractivity contribution in [3.05, 3.63) is 42.3 Å². The summed E-state index contributed by atoms with van der Waals surface area (Å²) >= 11 is 1.46. The molecule has 0 radical (unpaired) electrons. The maximum absolute atomic E-state index is 11.7. The quantitative estimate of drug-likeness (QED) is 0.819. The zero-order chi connectivity index (χ0) is 16.0. The number of oxazole rings is 1. The second-order valence-corrected chi connectivity index (χ2v) is 6.58. The van der Waals surface area contributed by atoms with Crippen molar-refractivity contribution in [2.75, 3.05) is 12.4 Å². The molecule has 0 saturated carbocycles. The molecule has 1 heterocycles. The number of hydrogen-bond donors (Lipinski definition) is 2. The first-order valence-electron chi connectivity index (χ1n) is 6.99. The molecule has 118 valence electrons. The third-order valence-corrected chi connectivity index (χ3v) is 3.89.